The molecule has 0 unspecified atom stereocenters. The predicted octanol–water partition coefficient (Wildman–Crippen LogP) is 0.756. The van der Waals surface area contributed by atoms with E-state index in [4.69, 9.17) is 5.11 Å². The molecule has 1 heterocycles. The van der Waals surface area contributed by atoms with Crippen molar-refractivity contribution >= 4 is 10.0 Å². The average Bonchev–Trinajstić information content (AvgIpc) is 2.47. The fourth-order valence-electron chi connectivity index (χ4n) is 1.54. The van der Waals surface area contributed by atoms with Crippen LogP contribution in [0.4, 0.5) is 0 Å². The van der Waals surface area contributed by atoms with Crippen LogP contribution in [0.5, 0.6) is 0 Å². The van der Waals surface area contributed by atoms with Crippen LogP contribution in [0.25, 0.3) is 0 Å². The Morgan fingerprint density at radius 3 is 2.40 bits per heavy atom. The maximum atomic E-state index is 12.1. The number of benzene rings is 1. The van der Waals surface area contributed by atoms with E-state index in [1.165, 1.54) is 18.3 Å². The zero-order valence-corrected chi connectivity index (χ0v) is 11.8. The number of aryl methyl sites for hydroxylation is 1. The Hall–Kier alpha value is -1.83. The van der Waals surface area contributed by atoms with Gasteiger partial charge in [0, 0.05) is 6.20 Å². The Morgan fingerprint density at radius 1 is 1.15 bits per heavy atom. The summed E-state index contributed by atoms with van der Waals surface area (Å²) in [6, 6.07) is 6.05. The Labute approximate surface area is 117 Å². The van der Waals surface area contributed by atoms with Gasteiger partial charge in [-0.15, -0.1) is 0 Å². The maximum absolute atomic E-state index is 12.1. The van der Waals surface area contributed by atoms with Gasteiger partial charge in [-0.2, -0.15) is 0 Å². The van der Waals surface area contributed by atoms with Crippen molar-refractivity contribution in [3.63, 3.8) is 0 Å². The van der Waals surface area contributed by atoms with Gasteiger partial charge in [0.2, 0.25) is 10.0 Å². The monoisotopic (exact) mass is 293 g/mol. The van der Waals surface area contributed by atoms with Crippen molar-refractivity contribution in [2.75, 3.05) is 0 Å². The second kappa shape index (κ2) is 6.08. The van der Waals surface area contributed by atoms with Crippen LogP contribution in [0.1, 0.15) is 17.0 Å². The van der Waals surface area contributed by atoms with Crippen LogP contribution in [0.15, 0.2) is 41.6 Å². The molecule has 2 aromatic rings. The molecule has 106 valence electrons. The third kappa shape index (κ3) is 3.60. The minimum atomic E-state index is -3.59. The van der Waals surface area contributed by atoms with Gasteiger partial charge in [-0.3, -0.25) is 9.97 Å². The van der Waals surface area contributed by atoms with Crippen LogP contribution in [-0.2, 0) is 23.2 Å². The molecule has 0 saturated carbocycles. The zero-order valence-electron chi connectivity index (χ0n) is 10.9. The quantitative estimate of drug-likeness (QED) is 0.849. The normalized spacial score (nSPS) is 11.5. The Balaban J connectivity index is 2.08. The summed E-state index contributed by atoms with van der Waals surface area (Å²) in [4.78, 5) is 8.28. The van der Waals surface area contributed by atoms with Crippen molar-refractivity contribution in [3.8, 4) is 0 Å². The van der Waals surface area contributed by atoms with Crippen LogP contribution in [0.2, 0.25) is 0 Å². The predicted molar refractivity (Wildman–Crippen MR) is 73.2 cm³/mol. The van der Waals surface area contributed by atoms with Gasteiger partial charge < -0.3 is 5.11 Å². The minimum Gasteiger partial charge on any atom is -0.392 e. The first-order valence-electron chi connectivity index (χ1n) is 5.98. The molecule has 1 aromatic heterocycles. The number of aromatic nitrogens is 2. The summed E-state index contributed by atoms with van der Waals surface area (Å²) < 4.78 is 26.6. The summed E-state index contributed by atoms with van der Waals surface area (Å²) in [6.07, 6.45) is 3.12. The van der Waals surface area contributed by atoms with Crippen LogP contribution >= 0.6 is 0 Å². The zero-order chi connectivity index (χ0) is 14.6. The summed E-state index contributed by atoms with van der Waals surface area (Å²) >= 11 is 0. The molecular formula is C13H15N3O3S. The molecule has 6 nitrogen and oxygen atoms in total. The van der Waals surface area contributed by atoms with Crippen LogP contribution in [0, 0.1) is 6.92 Å². The summed E-state index contributed by atoms with van der Waals surface area (Å²) in [5, 5.41) is 8.93. The third-order valence-corrected chi connectivity index (χ3v) is 4.11. The van der Waals surface area contributed by atoms with E-state index < -0.39 is 10.0 Å². The van der Waals surface area contributed by atoms with E-state index >= 15 is 0 Å². The molecule has 0 bridgehead atoms. The second-order valence-electron chi connectivity index (χ2n) is 4.28. The smallest absolute Gasteiger partial charge is 0.240 e. The second-order valence-corrected chi connectivity index (χ2v) is 6.04. The number of nitrogens with zero attached hydrogens (tertiary/aromatic N) is 2. The number of hydrogen-bond acceptors (Lipinski definition) is 5. The summed E-state index contributed by atoms with van der Waals surface area (Å²) in [5.41, 5.74) is 1.98. The highest BCUT2D eigenvalue weighted by molar-refractivity contribution is 7.89. The molecule has 2 rings (SSSR count). The molecule has 0 atom stereocenters. The summed E-state index contributed by atoms with van der Waals surface area (Å²) in [6.45, 7) is 1.77. The van der Waals surface area contributed by atoms with Crippen molar-refractivity contribution in [2.24, 2.45) is 0 Å². The number of rotatable bonds is 5. The van der Waals surface area contributed by atoms with Crippen LogP contribution in [0.3, 0.4) is 0 Å². The number of nitrogens with one attached hydrogen (secondary N) is 1. The van der Waals surface area contributed by atoms with Crippen molar-refractivity contribution < 1.29 is 13.5 Å². The Bertz CT molecular complexity index is 667. The average molecular weight is 293 g/mol. The lowest BCUT2D eigenvalue weighted by atomic mass is 10.2. The topological polar surface area (TPSA) is 92.2 Å². The Kier molecular flexibility index (Phi) is 4.43. The van der Waals surface area contributed by atoms with Crippen molar-refractivity contribution in [1.82, 2.24) is 14.7 Å². The summed E-state index contributed by atoms with van der Waals surface area (Å²) in [5.74, 6) is 0. The molecule has 0 radical (unpaired) electrons. The van der Waals surface area contributed by atoms with E-state index in [1.807, 2.05) is 6.92 Å². The van der Waals surface area contributed by atoms with Gasteiger partial charge in [-0.1, -0.05) is 12.1 Å². The van der Waals surface area contributed by atoms with Gasteiger partial charge in [-0.05, 0) is 24.6 Å². The van der Waals surface area contributed by atoms with Crippen LogP contribution in [-0.4, -0.2) is 23.5 Å². The van der Waals surface area contributed by atoms with Crippen molar-refractivity contribution in [2.45, 2.75) is 25.0 Å². The highest BCUT2D eigenvalue weighted by atomic mass is 32.2. The van der Waals surface area contributed by atoms with E-state index in [1.54, 1.807) is 18.3 Å². The molecule has 0 aliphatic carbocycles. The van der Waals surface area contributed by atoms with Gasteiger partial charge in [0.25, 0.3) is 0 Å². The first-order valence-corrected chi connectivity index (χ1v) is 7.46. The first-order chi connectivity index (χ1) is 9.51. The molecule has 1 aromatic carbocycles. The molecule has 0 spiro atoms. The SMILES string of the molecule is Cc1cnc(CNS(=O)(=O)c2ccc(CO)cc2)cn1. The standard InChI is InChI=1S/C13H15N3O3S/c1-10-6-15-12(7-14-10)8-16-20(18,19)13-4-2-11(9-17)3-5-13/h2-7,16-17H,8-9H2,1H3. The highest BCUT2D eigenvalue weighted by Gasteiger charge is 2.13. The largest absolute Gasteiger partial charge is 0.392 e. The fourth-order valence-corrected chi connectivity index (χ4v) is 2.54. The summed E-state index contributed by atoms with van der Waals surface area (Å²) in [7, 11) is -3.59. The molecule has 2 N–H and O–H groups in total. The third-order valence-electron chi connectivity index (χ3n) is 2.69. The van der Waals surface area contributed by atoms with Gasteiger partial charge in [0.15, 0.2) is 0 Å². The molecule has 7 heteroatoms. The van der Waals surface area contributed by atoms with Crippen molar-refractivity contribution in [3.05, 3.63) is 53.6 Å². The minimum absolute atomic E-state index is 0.0807. The first kappa shape index (κ1) is 14.6. The number of aliphatic hydroxyl groups excluding tert-OH is 1. The van der Waals surface area contributed by atoms with E-state index in [0.717, 1.165) is 5.69 Å². The van der Waals surface area contributed by atoms with Crippen molar-refractivity contribution in [1.29, 1.82) is 0 Å². The maximum Gasteiger partial charge on any atom is 0.240 e. The van der Waals surface area contributed by atoms with Gasteiger partial charge >= 0.3 is 0 Å². The van der Waals surface area contributed by atoms with Gasteiger partial charge in [0.1, 0.15) is 0 Å². The van der Waals surface area contributed by atoms with E-state index in [2.05, 4.69) is 14.7 Å². The van der Waals surface area contributed by atoms with Crippen LogP contribution < -0.4 is 4.72 Å². The molecule has 0 aliphatic rings. The lowest BCUT2D eigenvalue weighted by molar-refractivity contribution is 0.282. The molecule has 0 aliphatic heterocycles. The fraction of sp³-hybridized carbons (Fsp3) is 0.231. The van der Waals surface area contributed by atoms with E-state index in [-0.39, 0.29) is 18.0 Å². The molecule has 0 saturated heterocycles. The highest BCUT2D eigenvalue weighted by Crippen LogP contribution is 2.11. The molecular weight excluding hydrogens is 278 g/mol. The number of aliphatic hydroxyl groups is 1. The van der Waals surface area contributed by atoms with E-state index in [0.29, 0.717) is 11.3 Å². The van der Waals surface area contributed by atoms with Gasteiger partial charge in [-0.25, -0.2) is 13.1 Å². The lowest BCUT2D eigenvalue weighted by Gasteiger charge is -2.07. The Morgan fingerprint density at radius 2 is 1.85 bits per heavy atom. The number of sulfonamides is 1. The molecule has 0 amide bonds. The molecule has 0 fully saturated rings. The molecule has 20 heavy (non-hydrogen) atoms. The number of hydrogen-bond donors (Lipinski definition) is 2. The van der Waals surface area contributed by atoms with E-state index in [9.17, 15) is 8.42 Å². The van der Waals surface area contributed by atoms with Gasteiger partial charge in [0.05, 0.1) is 35.6 Å². The lowest BCUT2D eigenvalue weighted by Crippen LogP contribution is -2.23.